The van der Waals surface area contributed by atoms with Crippen LogP contribution >= 0.6 is 0 Å². The number of aliphatic imine (C=N–C) groups is 3. The smallest absolute Gasteiger partial charge is 0.305 e. The normalized spacial score (nSPS) is 23.0. The molecule has 52 heavy (non-hydrogen) atoms. The first kappa shape index (κ1) is 37.4. The van der Waals surface area contributed by atoms with Gasteiger partial charge in [-0.15, -0.1) is 0 Å². The summed E-state index contributed by atoms with van der Waals surface area (Å²) in [6, 6.07) is 0. The lowest BCUT2D eigenvalue weighted by molar-refractivity contribution is -0.896. The molecule has 6 aliphatic rings. The van der Waals surface area contributed by atoms with Crippen molar-refractivity contribution in [3.8, 4) is 0 Å². The molecule has 0 saturated carbocycles. The Bertz CT molecular complexity index is 1960. The van der Waals surface area contributed by atoms with Gasteiger partial charge in [-0.2, -0.15) is 0 Å². The second kappa shape index (κ2) is 13.9. The van der Waals surface area contributed by atoms with Crippen LogP contribution in [0.15, 0.2) is 119 Å². The highest BCUT2D eigenvalue weighted by atomic mass is 16.5. The van der Waals surface area contributed by atoms with Gasteiger partial charge in [-0.3, -0.25) is 4.79 Å². The molecule has 5 aliphatic heterocycles. The van der Waals surface area contributed by atoms with E-state index < -0.39 is 0 Å². The quantitative estimate of drug-likeness (QED) is 0.176. The van der Waals surface area contributed by atoms with Gasteiger partial charge in [0.25, 0.3) is 0 Å². The number of carbonyl (C=O) groups is 1. The Morgan fingerprint density at radius 3 is 2.27 bits per heavy atom. The number of esters is 1. The fourth-order valence-corrected chi connectivity index (χ4v) is 8.65. The van der Waals surface area contributed by atoms with E-state index in [4.69, 9.17) is 19.7 Å². The second-order valence-electron chi connectivity index (χ2n) is 17.3. The largest absolute Gasteiger partial charge is 0.511 e. The predicted molar refractivity (Wildman–Crippen MR) is 212 cm³/mol. The van der Waals surface area contributed by atoms with Crippen LogP contribution in [-0.2, 0) is 9.53 Å². The van der Waals surface area contributed by atoms with Crippen LogP contribution in [0.3, 0.4) is 0 Å². The van der Waals surface area contributed by atoms with Crippen molar-refractivity contribution in [1.29, 1.82) is 0 Å². The Balaban J connectivity index is 1.38. The van der Waals surface area contributed by atoms with Gasteiger partial charge in [0.2, 0.25) is 0 Å². The van der Waals surface area contributed by atoms with Crippen molar-refractivity contribution in [2.45, 2.75) is 60.3 Å². The summed E-state index contributed by atoms with van der Waals surface area (Å²) < 4.78 is 7.62. The van der Waals surface area contributed by atoms with E-state index in [2.05, 4.69) is 100 Å². The molecule has 2 N–H and O–H groups in total. The number of rotatable bonds is 11. The van der Waals surface area contributed by atoms with Gasteiger partial charge in [0, 0.05) is 52.8 Å². The van der Waals surface area contributed by atoms with Gasteiger partial charge in [-0.05, 0) is 74.1 Å². The molecule has 1 fully saturated rings. The molecule has 1 aliphatic carbocycles. The highest BCUT2D eigenvalue weighted by molar-refractivity contribution is 6.21. The van der Waals surface area contributed by atoms with Crippen LogP contribution < -0.4 is 5.32 Å². The van der Waals surface area contributed by atoms with Crippen molar-refractivity contribution in [1.82, 2.24) is 5.32 Å². The van der Waals surface area contributed by atoms with Crippen LogP contribution in [0.25, 0.3) is 0 Å². The van der Waals surface area contributed by atoms with E-state index in [0.717, 1.165) is 108 Å². The second-order valence-corrected chi connectivity index (χ2v) is 17.3. The first-order valence-corrected chi connectivity index (χ1v) is 18.7. The molecule has 2 atom stereocenters. The molecule has 0 radical (unpaired) electrons. The third kappa shape index (κ3) is 7.30. The Hall–Kier alpha value is -4.34. The number of aliphatic hydroxyl groups excluding tert-OH is 1. The molecule has 9 nitrogen and oxygen atoms in total. The number of quaternary nitrogens is 2. The molecular weight excluding hydrogens is 649 g/mol. The van der Waals surface area contributed by atoms with E-state index >= 15 is 0 Å². The third-order valence-corrected chi connectivity index (χ3v) is 11.1. The molecule has 5 heterocycles. The van der Waals surface area contributed by atoms with Gasteiger partial charge in [-0.1, -0.05) is 26.5 Å². The molecule has 0 spiro atoms. The number of allylic oxidation sites excluding steroid dienone is 12. The molecule has 0 unspecified atom stereocenters. The zero-order valence-electron chi connectivity index (χ0n) is 33.2. The van der Waals surface area contributed by atoms with E-state index in [0.29, 0.717) is 31.6 Å². The summed E-state index contributed by atoms with van der Waals surface area (Å²) in [6.07, 6.45) is 10.3. The summed E-state index contributed by atoms with van der Waals surface area (Å²) in [5.74, 6) is 0.469. The van der Waals surface area contributed by atoms with Crippen LogP contribution in [0.4, 0.5) is 0 Å². The standard InChI is InChI=1S/C43H57N6O3/c1-13-29-24(3)33-18-35-26(5)31(15-16-40(51)52-23-28(21-48(7,8)9)22-49(10,11)12)42(46-35)32-17-39(50)41-27(6)36(47-43(32)41)20-38-30(14-2)25(4)34(45-38)19-37(29)44-33/h13,18-20,26,28,31H,1,14-17,21-23H2,2-12H3,(H-,44,45,46,47,50)/q+1/p+1/t26-,31-/m0/s1. The molecule has 8 bridgehead atoms. The van der Waals surface area contributed by atoms with E-state index in [9.17, 15) is 9.90 Å². The SMILES string of the molecule is C=CC1=C(C)C2=NC1=CC1=NC(=CC3=C(C)C4=C(O)CC(=C5NC(=C2)[C@@H](C)[C@@H]5CCC(=O)OCC(C[N+](C)(C)C)C[N+](C)(C)C)C4=N3)C(CC)=C1C. The van der Waals surface area contributed by atoms with E-state index in [1.54, 1.807) is 0 Å². The van der Waals surface area contributed by atoms with Crippen LogP contribution in [0, 0.1) is 17.8 Å². The highest BCUT2D eigenvalue weighted by Gasteiger charge is 2.41. The summed E-state index contributed by atoms with van der Waals surface area (Å²) in [7, 11) is 13.1. The van der Waals surface area contributed by atoms with Gasteiger partial charge >= 0.3 is 5.97 Å². The number of ether oxygens (including phenoxy) is 1. The van der Waals surface area contributed by atoms with Crippen LogP contribution in [-0.4, -0.2) is 99.2 Å². The van der Waals surface area contributed by atoms with E-state index in [-0.39, 0.29) is 23.7 Å². The van der Waals surface area contributed by atoms with Crippen molar-refractivity contribution in [2.75, 3.05) is 62.0 Å². The summed E-state index contributed by atoms with van der Waals surface area (Å²) in [5.41, 5.74) is 14.3. The van der Waals surface area contributed by atoms with Crippen LogP contribution in [0.2, 0.25) is 0 Å². The average molecular weight is 707 g/mol. The van der Waals surface area contributed by atoms with Crippen LogP contribution in [0.5, 0.6) is 0 Å². The molecule has 9 heteroatoms. The fraction of sp³-hybridized carbons (Fsp3) is 0.488. The summed E-state index contributed by atoms with van der Waals surface area (Å²) in [5, 5.41) is 15.2. The van der Waals surface area contributed by atoms with E-state index in [1.165, 1.54) is 5.57 Å². The Labute approximate surface area is 310 Å². The minimum absolute atomic E-state index is 0.00524. The molecule has 0 aromatic carbocycles. The molecule has 1 saturated heterocycles. The summed E-state index contributed by atoms with van der Waals surface area (Å²) in [4.78, 5) is 28.8. The Kier molecular flexibility index (Phi) is 10.0. The maximum atomic E-state index is 13.4. The minimum atomic E-state index is -0.173. The van der Waals surface area contributed by atoms with Gasteiger partial charge in [0.1, 0.15) is 12.4 Å². The summed E-state index contributed by atoms with van der Waals surface area (Å²) >= 11 is 0. The maximum Gasteiger partial charge on any atom is 0.305 e. The highest BCUT2D eigenvalue weighted by Crippen LogP contribution is 2.46. The van der Waals surface area contributed by atoms with Gasteiger partial charge in [-0.25, -0.2) is 15.0 Å². The lowest BCUT2D eigenvalue weighted by atomic mass is 9.86. The number of hydrogen-bond acceptors (Lipinski definition) is 7. The van der Waals surface area contributed by atoms with Gasteiger partial charge in [0.05, 0.1) is 95.5 Å². The Morgan fingerprint density at radius 1 is 0.981 bits per heavy atom. The monoisotopic (exact) mass is 706 g/mol. The number of hydrogen-bond donors (Lipinski definition) is 2. The first-order valence-electron chi connectivity index (χ1n) is 18.7. The number of nitrogens with one attached hydrogen (secondary N) is 1. The molecule has 0 amide bonds. The van der Waals surface area contributed by atoms with Gasteiger partial charge in [0.15, 0.2) is 0 Å². The molecule has 276 valence electrons. The van der Waals surface area contributed by atoms with Crippen molar-refractivity contribution >= 4 is 23.1 Å². The van der Waals surface area contributed by atoms with Gasteiger partial charge < -0.3 is 24.1 Å². The predicted octanol–water partition coefficient (Wildman–Crippen LogP) is 7.20. The fourth-order valence-electron chi connectivity index (χ4n) is 8.65. The number of aliphatic hydroxyl groups is 1. The lowest BCUT2D eigenvalue weighted by Crippen LogP contribution is -2.48. The van der Waals surface area contributed by atoms with Crippen molar-refractivity contribution in [2.24, 2.45) is 32.7 Å². The van der Waals surface area contributed by atoms with Crippen molar-refractivity contribution in [3.63, 3.8) is 0 Å². The van der Waals surface area contributed by atoms with E-state index in [1.807, 2.05) is 13.0 Å². The average Bonchev–Trinajstić information content (AvgIpc) is 3.79. The van der Waals surface area contributed by atoms with Crippen molar-refractivity contribution in [3.05, 3.63) is 104 Å². The number of carbonyl (C=O) groups excluding carboxylic acids is 1. The molecule has 0 aromatic rings. The minimum Gasteiger partial charge on any atom is -0.511 e. The van der Waals surface area contributed by atoms with Crippen molar-refractivity contribution < 1.29 is 23.6 Å². The molecular formula is C43H58N6O3+2. The third-order valence-electron chi connectivity index (χ3n) is 11.1. The zero-order valence-corrected chi connectivity index (χ0v) is 33.2. The maximum absolute atomic E-state index is 13.4. The summed E-state index contributed by atoms with van der Waals surface area (Å²) in [6.45, 7) is 17.0. The van der Waals surface area contributed by atoms with Crippen LogP contribution in [0.1, 0.15) is 60.3 Å². The number of nitrogens with zero attached hydrogens (tertiary/aromatic N) is 5. The lowest BCUT2D eigenvalue weighted by Gasteiger charge is -2.33. The molecule has 0 aromatic heterocycles. The molecule has 6 rings (SSSR count). The first-order chi connectivity index (χ1) is 24.4. The Morgan fingerprint density at radius 2 is 1.63 bits per heavy atom. The zero-order chi connectivity index (χ0) is 37.9. The topological polar surface area (TPSA) is 95.6 Å². The number of fused-ring (bicyclic) bond motifs is 5.